The Morgan fingerprint density at radius 2 is 2.09 bits per heavy atom. The Morgan fingerprint density at radius 3 is 2.64 bits per heavy atom. The first-order valence-electron chi connectivity index (χ1n) is 4.21. The zero-order valence-corrected chi connectivity index (χ0v) is 6.61. The summed E-state index contributed by atoms with van der Waals surface area (Å²) in [5, 5.41) is 27.1. The second kappa shape index (κ2) is 4.04. The van der Waals surface area contributed by atoms with E-state index in [1.807, 2.05) is 0 Å². The molecule has 0 radical (unpaired) electrons. The second-order valence-electron chi connectivity index (χ2n) is 3.33. The Kier molecular flexibility index (Phi) is 3.30. The third-order valence-corrected chi connectivity index (χ3v) is 2.42. The predicted octanol–water partition coefficient (Wildman–Crippen LogP) is -0.109. The fourth-order valence-electron chi connectivity index (χ4n) is 1.70. The van der Waals surface area contributed by atoms with Gasteiger partial charge in [0.15, 0.2) is 0 Å². The molecule has 0 aliphatic heterocycles. The lowest BCUT2D eigenvalue weighted by Crippen LogP contribution is -2.31. The number of rotatable bonds is 2. The van der Waals surface area contributed by atoms with Gasteiger partial charge >= 0.3 is 0 Å². The summed E-state index contributed by atoms with van der Waals surface area (Å²) in [6, 6.07) is 0. The normalized spacial score (nSPS) is 35.2. The van der Waals surface area contributed by atoms with Crippen LogP contribution >= 0.6 is 0 Å². The third-order valence-electron chi connectivity index (χ3n) is 2.42. The quantitative estimate of drug-likeness (QED) is 0.528. The first-order valence-corrected chi connectivity index (χ1v) is 4.21. The van der Waals surface area contributed by atoms with Gasteiger partial charge < -0.3 is 15.3 Å². The van der Waals surface area contributed by atoms with Gasteiger partial charge in [0.05, 0.1) is 18.8 Å². The predicted molar refractivity (Wildman–Crippen MR) is 41.1 cm³/mol. The Labute approximate surface area is 66.7 Å². The van der Waals surface area contributed by atoms with E-state index in [-0.39, 0.29) is 18.6 Å². The Balaban J connectivity index is 2.33. The van der Waals surface area contributed by atoms with Crippen molar-refractivity contribution in [1.82, 2.24) is 0 Å². The van der Waals surface area contributed by atoms with Crippen LogP contribution in [0.25, 0.3) is 0 Å². The molecule has 3 atom stereocenters. The first-order chi connectivity index (χ1) is 5.24. The van der Waals surface area contributed by atoms with E-state index in [4.69, 9.17) is 5.11 Å². The number of aliphatic hydroxyl groups excluding tert-OH is 3. The maximum atomic E-state index is 9.24. The lowest BCUT2D eigenvalue weighted by molar-refractivity contribution is 0.000594. The Morgan fingerprint density at radius 1 is 1.36 bits per heavy atom. The van der Waals surface area contributed by atoms with Crippen LogP contribution in [0.1, 0.15) is 25.7 Å². The minimum atomic E-state index is -0.634. The van der Waals surface area contributed by atoms with Crippen LogP contribution < -0.4 is 0 Å². The van der Waals surface area contributed by atoms with E-state index in [0.717, 1.165) is 19.3 Å². The zero-order chi connectivity index (χ0) is 8.27. The summed E-state index contributed by atoms with van der Waals surface area (Å²) in [5.74, 6) is 0.101. The SMILES string of the molecule is OCC(O)C1CCCC(O)C1. The fourth-order valence-corrected chi connectivity index (χ4v) is 1.70. The summed E-state index contributed by atoms with van der Waals surface area (Å²) in [6.07, 6.45) is 2.47. The average Bonchev–Trinajstić information content (AvgIpc) is 2.03. The molecule has 0 heterocycles. The molecular weight excluding hydrogens is 144 g/mol. The van der Waals surface area contributed by atoms with Crippen molar-refractivity contribution in [1.29, 1.82) is 0 Å². The van der Waals surface area contributed by atoms with Gasteiger partial charge in [0.2, 0.25) is 0 Å². The molecule has 0 aromatic carbocycles. The van der Waals surface area contributed by atoms with Crippen LogP contribution in [0.4, 0.5) is 0 Å². The summed E-state index contributed by atoms with van der Waals surface area (Å²) in [5.41, 5.74) is 0. The van der Waals surface area contributed by atoms with E-state index in [1.54, 1.807) is 0 Å². The van der Waals surface area contributed by atoms with Crippen molar-refractivity contribution in [3.63, 3.8) is 0 Å². The van der Waals surface area contributed by atoms with Crippen LogP contribution in [0, 0.1) is 5.92 Å². The lowest BCUT2D eigenvalue weighted by Gasteiger charge is -2.28. The van der Waals surface area contributed by atoms with Crippen LogP contribution in [0.5, 0.6) is 0 Å². The minimum Gasteiger partial charge on any atom is -0.394 e. The monoisotopic (exact) mass is 160 g/mol. The second-order valence-corrected chi connectivity index (χ2v) is 3.33. The third kappa shape index (κ3) is 2.43. The van der Waals surface area contributed by atoms with Gasteiger partial charge in [-0.05, 0) is 25.2 Å². The molecule has 11 heavy (non-hydrogen) atoms. The molecule has 3 unspecified atom stereocenters. The molecule has 0 bridgehead atoms. The lowest BCUT2D eigenvalue weighted by atomic mass is 9.84. The standard InChI is InChI=1S/C8H16O3/c9-5-8(11)6-2-1-3-7(10)4-6/h6-11H,1-5H2. The van der Waals surface area contributed by atoms with E-state index < -0.39 is 6.10 Å². The molecule has 3 nitrogen and oxygen atoms in total. The number of hydrogen-bond donors (Lipinski definition) is 3. The van der Waals surface area contributed by atoms with Crippen molar-refractivity contribution in [2.75, 3.05) is 6.61 Å². The minimum absolute atomic E-state index is 0.101. The molecule has 1 saturated carbocycles. The molecular formula is C8H16O3. The molecule has 66 valence electrons. The van der Waals surface area contributed by atoms with Crippen LogP contribution in [-0.4, -0.2) is 34.1 Å². The summed E-state index contributed by atoms with van der Waals surface area (Å²) < 4.78 is 0. The fraction of sp³-hybridized carbons (Fsp3) is 1.00. The maximum Gasteiger partial charge on any atom is 0.0799 e. The van der Waals surface area contributed by atoms with Crippen LogP contribution in [0.15, 0.2) is 0 Å². The first kappa shape index (κ1) is 8.97. The molecule has 0 saturated heterocycles. The Bertz CT molecular complexity index is 116. The highest BCUT2D eigenvalue weighted by Crippen LogP contribution is 2.26. The van der Waals surface area contributed by atoms with Gasteiger partial charge in [-0.15, -0.1) is 0 Å². The van der Waals surface area contributed by atoms with Crippen LogP contribution in [-0.2, 0) is 0 Å². The summed E-state index contributed by atoms with van der Waals surface area (Å²) in [7, 11) is 0. The van der Waals surface area contributed by atoms with Crippen molar-refractivity contribution in [2.45, 2.75) is 37.9 Å². The highest BCUT2D eigenvalue weighted by molar-refractivity contribution is 4.76. The molecule has 1 aliphatic carbocycles. The Hall–Kier alpha value is -0.120. The van der Waals surface area contributed by atoms with E-state index in [2.05, 4.69) is 0 Å². The van der Waals surface area contributed by atoms with E-state index >= 15 is 0 Å². The summed E-state index contributed by atoms with van der Waals surface area (Å²) >= 11 is 0. The van der Waals surface area contributed by atoms with E-state index in [9.17, 15) is 10.2 Å². The topological polar surface area (TPSA) is 60.7 Å². The van der Waals surface area contributed by atoms with Gasteiger partial charge in [-0.2, -0.15) is 0 Å². The molecule has 3 N–H and O–H groups in total. The maximum absolute atomic E-state index is 9.24. The zero-order valence-electron chi connectivity index (χ0n) is 6.61. The van der Waals surface area contributed by atoms with Crippen molar-refractivity contribution in [3.05, 3.63) is 0 Å². The van der Waals surface area contributed by atoms with Crippen molar-refractivity contribution >= 4 is 0 Å². The smallest absolute Gasteiger partial charge is 0.0799 e. The molecule has 0 spiro atoms. The van der Waals surface area contributed by atoms with Crippen molar-refractivity contribution < 1.29 is 15.3 Å². The van der Waals surface area contributed by atoms with Gasteiger partial charge in [-0.25, -0.2) is 0 Å². The number of hydrogen-bond acceptors (Lipinski definition) is 3. The molecule has 0 amide bonds. The molecule has 0 aromatic rings. The van der Waals surface area contributed by atoms with Gasteiger partial charge in [0, 0.05) is 0 Å². The number of aliphatic hydroxyl groups is 3. The van der Waals surface area contributed by atoms with Crippen LogP contribution in [0.2, 0.25) is 0 Å². The van der Waals surface area contributed by atoms with Crippen molar-refractivity contribution in [3.8, 4) is 0 Å². The van der Waals surface area contributed by atoms with Gasteiger partial charge in [-0.1, -0.05) is 6.42 Å². The van der Waals surface area contributed by atoms with E-state index in [0.29, 0.717) is 6.42 Å². The van der Waals surface area contributed by atoms with Gasteiger partial charge in [0.1, 0.15) is 0 Å². The van der Waals surface area contributed by atoms with Crippen molar-refractivity contribution in [2.24, 2.45) is 5.92 Å². The highest BCUT2D eigenvalue weighted by atomic mass is 16.3. The molecule has 3 heteroatoms. The van der Waals surface area contributed by atoms with Gasteiger partial charge in [0.25, 0.3) is 0 Å². The summed E-state index contributed by atoms with van der Waals surface area (Å²) in [4.78, 5) is 0. The largest absolute Gasteiger partial charge is 0.394 e. The van der Waals surface area contributed by atoms with Gasteiger partial charge in [-0.3, -0.25) is 0 Å². The molecule has 0 aromatic heterocycles. The molecule has 1 fully saturated rings. The highest BCUT2D eigenvalue weighted by Gasteiger charge is 2.25. The summed E-state index contributed by atoms with van der Waals surface area (Å²) in [6.45, 7) is -0.183. The molecule has 1 rings (SSSR count). The average molecular weight is 160 g/mol. The van der Waals surface area contributed by atoms with E-state index in [1.165, 1.54) is 0 Å². The molecule has 1 aliphatic rings. The van der Waals surface area contributed by atoms with Crippen LogP contribution in [0.3, 0.4) is 0 Å².